The highest BCUT2D eigenvalue weighted by Crippen LogP contribution is 2.31. The number of hydrogen-bond donors (Lipinski definition) is 2. The minimum absolute atomic E-state index is 0.227. The number of aromatic nitrogens is 3. The van der Waals surface area contributed by atoms with Crippen LogP contribution in [-0.2, 0) is 9.53 Å². The van der Waals surface area contributed by atoms with E-state index in [4.69, 9.17) is 4.74 Å². The summed E-state index contributed by atoms with van der Waals surface area (Å²) in [5.41, 5.74) is 4.89. The van der Waals surface area contributed by atoms with Crippen molar-refractivity contribution < 1.29 is 13.9 Å². The summed E-state index contributed by atoms with van der Waals surface area (Å²) in [6, 6.07) is 12.6. The van der Waals surface area contributed by atoms with Gasteiger partial charge in [-0.1, -0.05) is 18.2 Å². The number of methoxy groups -OCH3 is 1. The summed E-state index contributed by atoms with van der Waals surface area (Å²) in [6.45, 7) is 0.377. The Morgan fingerprint density at radius 1 is 1.13 bits per heavy atom. The van der Waals surface area contributed by atoms with Crippen LogP contribution in [0.5, 0.6) is 0 Å². The Bertz CT molecular complexity index is 1220. The number of fused-ring (bicyclic) bond motifs is 1. The van der Waals surface area contributed by atoms with E-state index in [1.54, 1.807) is 25.4 Å². The number of ether oxygens (including phenoxy) is 1. The first-order valence-electron chi connectivity index (χ1n) is 9.30. The molecule has 3 heterocycles. The second kappa shape index (κ2) is 8.67. The van der Waals surface area contributed by atoms with Crippen molar-refractivity contribution in [3.8, 4) is 22.3 Å². The van der Waals surface area contributed by atoms with Crippen molar-refractivity contribution in [3.05, 3.63) is 79.2 Å². The molecule has 150 valence electrons. The van der Waals surface area contributed by atoms with Gasteiger partial charge in [0.25, 0.3) is 0 Å². The Morgan fingerprint density at radius 2 is 2.00 bits per heavy atom. The van der Waals surface area contributed by atoms with Crippen molar-refractivity contribution in [3.63, 3.8) is 0 Å². The Hall–Kier alpha value is -3.84. The standard InChI is InChI=1S/C23H19FN4O2/c1-30-9-3-6-22(29)28-18-5-2-4-15(10-18)17-11-19-20(14-27-23(19)26-13-17)16-7-8-21(24)25-12-16/h2-8,10-14H,9H2,1H3,(H,26,27)(H,28,29)/b6-3+. The van der Waals surface area contributed by atoms with Crippen molar-refractivity contribution in [2.45, 2.75) is 0 Å². The van der Waals surface area contributed by atoms with Gasteiger partial charge in [-0.2, -0.15) is 4.39 Å². The van der Waals surface area contributed by atoms with Gasteiger partial charge in [-0.25, -0.2) is 9.97 Å². The number of pyridine rings is 2. The van der Waals surface area contributed by atoms with E-state index in [2.05, 4.69) is 20.3 Å². The number of benzene rings is 1. The van der Waals surface area contributed by atoms with Crippen molar-refractivity contribution in [2.24, 2.45) is 0 Å². The molecule has 0 unspecified atom stereocenters. The van der Waals surface area contributed by atoms with Gasteiger partial charge in [-0.15, -0.1) is 0 Å². The molecule has 1 aromatic carbocycles. The van der Waals surface area contributed by atoms with Crippen LogP contribution in [0.1, 0.15) is 0 Å². The van der Waals surface area contributed by atoms with Crippen LogP contribution in [0.3, 0.4) is 0 Å². The van der Waals surface area contributed by atoms with Crippen LogP contribution < -0.4 is 5.32 Å². The molecule has 30 heavy (non-hydrogen) atoms. The van der Waals surface area contributed by atoms with Crippen LogP contribution in [-0.4, -0.2) is 34.6 Å². The molecule has 4 rings (SSSR count). The molecule has 0 bridgehead atoms. The first-order valence-corrected chi connectivity index (χ1v) is 9.30. The van der Waals surface area contributed by atoms with Gasteiger partial charge < -0.3 is 15.0 Å². The monoisotopic (exact) mass is 402 g/mol. The first-order chi connectivity index (χ1) is 14.6. The topological polar surface area (TPSA) is 79.9 Å². The highest BCUT2D eigenvalue weighted by atomic mass is 19.1. The Morgan fingerprint density at radius 3 is 2.80 bits per heavy atom. The van der Waals surface area contributed by atoms with Gasteiger partial charge in [0.15, 0.2) is 0 Å². The summed E-state index contributed by atoms with van der Waals surface area (Å²) in [4.78, 5) is 23.4. The molecule has 6 nitrogen and oxygen atoms in total. The maximum atomic E-state index is 13.2. The number of hydrogen-bond acceptors (Lipinski definition) is 4. The lowest BCUT2D eigenvalue weighted by atomic mass is 10.0. The minimum atomic E-state index is -0.520. The molecule has 4 aromatic rings. The third kappa shape index (κ3) is 4.26. The molecule has 2 N–H and O–H groups in total. The summed E-state index contributed by atoms with van der Waals surface area (Å²) >= 11 is 0. The maximum absolute atomic E-state index is 13.2. The Kier molecular flexibility index (Phi) is 5.63. The Balaban J connectivity index is 1.64. The van der Waals surface area contributed by atoms with Gasteiger partial charge in [0.05, 0.1) is 6.61 Å². The molecule has 0 spiro atoms. The quantitative estimate of drug-likeness (QED) is 0.366. The van der Waals surface area contributed by atoms with E-state index in [1.165, 1.54) is 18.3 Å². The zero-order valence-corrected chi connectivity index (χ0v) is 16.2. The van der Waals surface area contributed by atoms with E-state index in [0.29, 0.717) is 12.3 Å². The molecular weight excluding hydrogens is 383 g/mol. The van der Waals surface area contributed by atoms with Crippen LogP contribution >= 0.6 is 0 Å². The summed E-state index contributed by atoms with van der Waals surface area (Å²) in [6.07, 6.45) is 8.18. The number of halogens is 1. The Labute approximate surface area is 172 Å². The molecular formula is C23H19FN4O2. The zero-order valence-electron chi connectivity index (χ0n) is 16.2. The molecule has 0 aliphatic heterocycles. The van der Waals surface area contributed by atoms with E-state index in [1.807, 2.05) is 36.5 Å². The van der Waals surface area contributed by atoms with Crippen molar-refractivity contribution in [2.75, 3.05) is 19.0 Å². The number of nitrogens with one attached hydrogen (secondary N) is 2. The lowest BCUT2D eigenvalue weighted by Crippen LogP contribution is -2.08. The number of amides is 1. The van der Waals surface area contributed by atoms with Gasteiger partial charge >= 0.3 is 0 Å². The fraction of sp³-hybridized carbons (Fsp3) is 0.0870. The van der Waals surface area contributed by atoms with Crippen LogP contribution in [0.2, 0.25) is 0 Å². The summed E-state index contributed by atoms with van der Waals surface area (Å²) in [5.74, 6) is -0.747. The van der Waals surface area contributed by atoms with E-state index < -0.39 is 5.95 Å². The fourth-order valence-electron chi connectivity index (χ4n) is 3.15. The fourth-order valence-corrected chi connectivity index (χ4v) is 3.15. The van der Waals surface area contributed by atoms with E-state index in [9.17, 15) is 9.18 Å². The number of H-pyrrole nitrogens is 1. The van der Waals surface area contributed by atoms with E-state index in [-0.39, 0.29) is 5.91 Å². The molecule has 0 saturated carbocycles. The number of carbonyl (C=O) groups is 1. The molecule has 0 atom stereocenters. The first kappa shape index (κ1) is 19.5. The number of aromatic amines is 1. The number of rotatable bonds is 6. The van der Waals surface area contributed by atoms with E-state index >= 15 is 0 Å². The van der Waals surface area contributed by atoms with Crippen molar-refractivity contribution in [1.82, 2.24) is 15.0 Å². The predicted octanol–water partition coefficient (Wildman–Crippen LogP) is 4.57. The molecule has 0 saturated heterocycles. The average Bonchev–Trinajstić information content (AvgIpc) is 3.18. The third-order valence-corrected chi connectivity index (χ3v) is 4.57. The molecule has 3 aromatic heterocycles. The SMILES string of the molecule is COC/C=C/C(=O)Nc1cccc(-c2cnc3[nH]cc(-c4ccc(F)nc4)c3c2)c1. The second-order valence-corrected chi connectivity index (χ2v) is 6.62. The second-order valence-electron chi connectivity index (χ2n) is 6.62. The van der Waals surface area contributed by atoms with Crippen LogP contribution in [0.4, 0.5) is 10.1 Å². The lowest BCUT2D eigenvalue weighted by Gasteiger charge is -2.07. The summed E-state index contributed by atoms with van der Waals surface area (Å²) < 4.78 is 18.1. The van der Waals surface area contributed by atoms with Crippen molar-refractivity contribution >= 4 is 22.6 Å². The molecule has 7 heteroatoms. The molecule has 0 aliphatic rings. The third-order valence-electron chi connectivity index (χ3n) is 4.57. The van der Waals surface area contributed by atoms with Crippen LogP contribution in [0, 0.1) is 5.95 Å². The van der Waals surface area contributed by atoms with Crippen LogP contribution in [0.15, 0.2) is 73.2 Å². The van der Waals surface area contributed by atoms with Gasteiger partial charge in [0.1, 0.15) is 5.65 Å². The molecule has 0 radical (unpaired) electrons. The predicted molar refractivity (Wildman–Crippen MR) is 114 cm³/mol. The van der Waals surface area contributed by atoms with Gasteiger partial charge in [-0.05, 0) is 35.9 Å². The highest BCUT2D eigenvalue weighted by molar-refractivity contribution is 6.00. The lowest BCUT2D eigenvalue weighted by molar-refractivity contribution is -0.111. The molecule has 0 aliphatic carbocycles. The number of nitrogens with zero attached hydrogens (tertiary/aromatic N) is 2. The maximum Gasteiger partial charge on any atom is 0.248 e. The van der Waals surface area contributed by atoms with Gasteiger partial charge in [0, 0.05) is 59.5 Å². The van der Waals surface area contributed by atoms with Gasteiger partial charge in [-0.3, -0.25) is 4.79 Å². The highest BCUT2D eigenvalue weighted by Gasteiger charge is 2.10. The molecule has 1 amide bonds. The normalized spacial score (nSPS) is 11.3. The number of anilines is 1. The van der Waals surface area contributed by atoms with Gasteiger partial charge in [0.2, 0.25) is 11.9 Å². The van der Waals surface area contributed by atoms with Crippen molar-refractivity contribution in [1.29, 1.82) is 0 Å². The van der Waals surface area contributed by atoms with E-state index in [0.717, 1.165) is 33.3 Å². The number of carbonyl (C=O) groups excluding carboxylic acids is 1. The zero-order chi connectivity index (χ0) is 20.9. The average molecular weight is 402 g/mol. The summed E-state index contributed by atoms with van der Waals surface area (Å²) in [5, 5.41) is 3.73. The largest absolute Gasteiger partial charge is 0.381 e. The summed E-state index contributed by atoms with van der Waals surface area (Å²) in [7, 11) is 1.57. The molecule has 0 fully saturated rings. The van der Waals surface area contributed by atoms with Crippen LogP contribution in [0.25, 0.3) is 33.3 Å². The smallest absolute Gasteiger partial charge is 0.248 e. The minimum Gasteiger partial charge on any atom is -0.381 e.